The first-order valence-electron chi connectivity index (χ1n) is 17.5. The van der Waals surface area contributed by atoms with Crippen molar-refractivity contribution < 1.29 is 14.4 Å². The minimum Gasteiger partial charge on any atom is -0.343 e. The second-order valence-corrected chi connectivity index (χ2v) is 13.2. The summed E-state index contributed by atoms with van der Waals surface area (Å²) in [5, 5.41) is 13.2. The number of nitrogens with zero attached hydrogens (tertiary/aromatic N) is 1. The van der Waals surface area contributed by atoms with Gasteiger partial charge in [-0.2, -0.15) is 0 Å². The highest BCUT2D eigenvalue weighted by atomic mass is 16.2. The van der Waals surface area contributed by atoms with Crippen molar-refractivity contribution in [2.45, 2.75) is 68.9 Å². The fourth-order valence-electron chi connectivity index (χ4n) is 7.41. The Morgan fingerprint density at radius 3 is 1.88 bits per heavy atom. The number of carbonyl (C=O) groups excluding carboxylic acids is 3. The van der Waals surface area contributed by atoms with E-state index in [1.54, 1.807) is 11.9 Å². The third-order valence-corrected chi connectivity index (χ3v) is 10.0. The van der Waals surface area contributed by atoms with Crippen LogP contribution >= 0.6 is 0 Å². The summed E-state index contributed by atoms with van der Waals surface area (Å²) in [7, 11) is 1.77. The molecule has 0 unspecified atom stereocenters. The summed E-state index contributed by atoms with van der Waals surface area (Å²) < 4.78 is 0. The molecule has 4 aromatic rings. The highest BCUT2D eigenvalue weighted by molar-refractivity contribution is 5.94. The summed E-state index contributed by atoms with van der Waals surface area (Å²) in [6.45, 7) is 1.23. The lowest BCUT2D eigenvalue weighted by Crippen LogP contribution is -2.59. The normalized spacial score (nSPS) is 21.1. The molecule has 0 saturated carbocycles. The van der Waals surface area contributed by atoms with Crippen LogP contribution in [-0.4, -0.2) is 60.4 Å². The van der Waals surface area contributed by atoms with Crippen molar-refractivity contribution in [3.8, 4) is 0 Å². The van der Waals surface area contributed by atoms with Crippen LogP contribution in [0, 0.1) is 5.92 Å². The lowest BCUT2D eigenvalue weighted by atomic mass is 9.92. The number of hydrogen-bond donors (Lipinski definition) is 4. The smallest absolute Gasteiger partial charge is 0.246 e. The molecule has 2 aliphatic heterocycles. The molecule has 0 spiro atoms. The van der Waals surface area contributed by atoms with E-state index in [1.807, 2.05) is 109 Å². The summed E-state index contributed by atoms with van der Waals surface area (Å²) in [4.78, 5) is 44.6. The van der Waals surface area contributed by atoms with Crippen LogP contribution in [0.15, 0.2) is 121 Å². The largest absolute Gasteiger partial charge is 0.343 e. The van der Waals surface area contributed by atoms with Gasteiger partial charge in [0.25, 0.3) is 0 Å². The quantitative estimate of drug-likeness (QED) is 0.166. The van der Waals surface area contributed by atoms with Gasteiger partial charge in [-0.05, 0) is 61.4 Å². The minimum atomic E-state index is -0.764. The zero-order valence-electron chi connectivity index (χ0n) is 28.1. The molecule has 254 valence electrons. The van der Waals surface area contributed by atoms with Gasteiger partial charge in [0.1, 0.15) is 12.1 Å². The van der Waals surface area contributed by atoms with Gasteiger partial charge in [-0.15, -0.1) is 0 Å². The van der Waals surface area contributed by atoms with E-state index in [1.165, 1.54) is 0 Å². The van der Waals surface area contributed by atoms with Crippen molar-refractivity contribution in [1.82, 2.24) is 26.2 Å². The van der Waals surface area contributed by atoms with Crippen molar-refractivity contribution in [2.24, 2.45) is 5.92 Å². The average Bonchev–Trinajstić information content (AvgIpc) is 3.53. The van der Waals surface area contributed by atoms with Crippen LogP contribution in [0.2, 0.25) is 0 Å². The molecule has 0 aliphatic carbocycles. The van der Waals surface area contributed by atoms with E-state index in [0.717, 1.165) is 41.5 Å². The van der Waals surface area contributed by atoms with E-state index in [4.69, 9.17) is 0 Å². The molecule has 2 saturated heterocycles. The third kappa shape index (κ3) is 8.45. The van der Waals surface area contributed by atoms with E-state index in [0.29, 0.717) is 25.9 Å². The molecule has 4 aromatic carbocycles. The molecule has 6 rings (SSSR count). The Morgan fingerprint density at radius 1 is 0.735 bits per heavy atom. The van der Waals surface area contributed by atoms with Gasteiger partial charge >= 0.3 is 0 Å². The zero-order chi connectivity index (χ0) is 34.0. The standard InChI is InChI=1S/C41H47N5O3/c1-42-35(26-29-14-6-2-7-15-29)39(47)45-38-33(28-43-27-30-16-8-3-9-17-30)22-23-34-24-25-36(46(34)41(38)49)40(48)44-37(31-18-10-4-11-19-31)32-20-12-5-13-21-32/h2-21,33-38,42-43H,22-28H2,1H3,(H,44,48)(H,45,47)/t33-,34+,35-,36+,38+/m1/s1. The number of likely N-dealkylation sites (N-methyl/N-ethyl adjacent to an activating group) is 1. The molecule has 2 aliphatic rings. The molecule has 8 heteroatoms. The van der Waals surface area contributed by atoms with Crippen LogP contribution in [0.1, 0.15) is 54.0 Å². The molecule has 0 aromatic heterocycles. The lowest BCUT2D eigenvalue weighted by Gasteiger charge is -2.33. The average molecular weight is 658 g/mol. The second kappa shape index (κ2) is 16.5. The predicted molar refractivity (Wildman–Crippen MR) is 192 cm³/mol. The number of benzene rings is 4. The van der Waals surface area contributed by atoms with Crippen LogP contribution in [0.4, 0.5) is 0 Å². The van der Waals surface area contributed by atoms with Crippen molar-refractivity contribution in [3.05, 3.63) is 144 Å². The van der Waals surface area contributed by atoms with Crippen molar-refractivity contribution >= 4 is 17.7 Å². The molecule has 49 heavy (non-hydrogen) atoms. The van der Waals surface area contributed by atoms with Gasteiger partial charge in [0.15, 0.2) is 0 Å². The number of rotatable bonds is 13. The van der Waals surface area contributed by atoms with Crippen LogP contribution in [0.25, 0.3) is 0 Å². The topological polar surface area (TPSA) is 103 Å². The Hall–Kier alpha value is -4.79. The fraction of sp³-hybridized carbons (Fsp3) is 0.341. The first-order chi connectivity index (χ1) is 24.0. The maximum Gasteiger partial charge on any atom is 0.246 e. The van der Waals surface area contributed by atoms with Gasteiger partial charge in [-0.25, -0.2) is 0 Å². The van der Waals surface area contributed by atoms with Gasteiger partial charge in [0.05, 0.1) is 12.1 Å². The van der Waals surface area contributed by atoms with Crippen LogP contribution < -0.4 is 21.3 Å². The lowest BCUT2D eigenvalue weighted by molar-refractivity contribution is -0.143. The van der Waals surface area contributed by atoms with Gasteiger partial charge in [0, 0.05) is 25.0 Å². The maximum atomic E-state index is 14.7. The summed E-state index contributed by atoms with van der Waals surface area (Å²) in [5.41, 5.74) is 4.15. The Labute approximate surface area is 289 Å². The van der Waals surface area contributed by atoms with Gasteiger partial charge < -0.3 is 26.2 Å². The molecule has 2 fully saturated rings. The number of amides is 3. The first-order valence-corrected chi connectivity index (χ1v) is 17.5. The fourth-order valence-corrected chi connectivity index (χ4v) is 7.41. The van der Waals surface area contributed by atoms with Crippen molar-refractivity contribution in [1.29, 1.82) is 0 Å². The summed E-state index contributed by atoms with van der Waals surface area (Å²) in [6.07, 6.45) is 3.37. The molecule has 0 bridgehead atoms. The zero-order valence-corrected chi connectivity index (χ0v) is 28.1. The number of fused-ring (bicyclic) bond motifs is 1. The van der Waals surface area contributed by atoms with Gasteiger partial charge in [0.2, 0.25) is 17.7 Å². The Morgan fingerprint density at radius 2 is 1.29 bits per heavy atom. The molecule has 2 heterocycles. The van der Waals surface area contributed by atoms with E-state index in [-0.39, 0.29) is 35.7 Å². The highest BCUT2D eigenvalue weighted by Gasteiger charge is 2.48. The van der Waals surface area contributed by atoms with Gasteiger partial charge in [-0.3, -0.25) is 14.4 Å². The summed E-state index contributed by atoms with van der Waals surface area (Å²) in [6, 6.07) is 37.6. The number of nitrogens with one attached hydrogen (secondary N) is 4. The summed E-state index contributed by atoms with van der Waals surface area (Å²) in [5.74, 6) is -0.697. The number of carbonyl (C=O) groups is 3. The van der Waals surface area contributed by atoms with Crippen LogP contribution in [0.5, 0.6) is 0 Å². The highest BCUT2D eigenvalue weighted by Crippen LogP contribution is 2.35. The number of hydrogen-bond acceptors (Lipinski definition) is 5. The van der Waals surface area contributed by atoms with Crippen molar-refractivity contribution in [2.75, 3.05) is 13.6 Å². The maximum absolute atomic E-state index is 14.7. The molecule has 0 radical (unpaired) electrons. The van der Waals surface area contributed by atoms with Crippen LogP contribution in [-0.2, 0) is 27.3 Å². The molecule has 8 nitrogen and oxygen atoms in total. The molecule has 4 N–H and O–H groups in total. The van der Waals surface area contributed by atoms with E-state index < -0.39 is 18.1 Å². The molecular weight excluding hydrogens is 610 g/mol. The second-order valence-electron chi connectivity index (χ2n) is 13.2. The minimum absolute atomic E-state index is 0.0573. The molecular formula is C41H47N5O3. The molecule has 3 amide bonds. The first kappa shape index (κ1) is 34.1. The predicted octanol–water partition coefficient (Wildman–Crippen LogP) is 4.77. The third-order valence-electron chi connectivity index (χ3n) is 10.0. The Kier molecular flexibility index (Phi) is 11.5. The van der Waals surface area contributed by atoms with E-state index in [2.05, 4.69) is 33.4 Å². The monoisotopic (exact) mass is 657 g/mol. The van der Waals surface area contributed by atoms with Gasteiger partial charge in [-0.1, -0.05) is 121 Å². The van der Waals surface area contributed by atoms with E-state index in [9.17, 15) is 14.4 Å². The van der Waals surface area contributed by atoms with Crippen LogP contribution in [0.3, 0.4) is 0 Å². The SMILES string of the molecule is CN[C@H](Cc1ccccc1)C(=O)N[C@@H]1C(=O)N2[C@@H](CC[C@@H]1CNCc1ccccc1)CC[C@H]2C(=O)NC(c1ccccc1)c1ccccc1. The van der Waals surface area contributed by atoms with Crippen molar-refractivity contribution in [3.63, 3.8) is 0 Å². The summed E-state index contributed by atoms with van der Waals surface area (Å²) >= 11 is 0. The Bertz CT molecular complexity index is 1610. The van der Waals surface area contributed by atoms with E-state index >= 15 is 0 Å². The molecule has 5 atom stereocenters. The Balaban J connectivity index is 1.23.